The van der Waals surface area contributed by atoms with E-state index in [0.29, 0.717) is 37.4 Å². The molecule has 0 atom stereocenters. The zero-order valence-corrected chi connectivity index (χ0v) is 18.1. The number of amides is 1. The summed E-state index contributed by atoms with van der Waals surface area (Å²) in [6.07, 6.45) is 0.852. The first-order chi connectivity index (χ1) is 15.1. The maximum absolute atomic E-state index is 13.0. The van der Waals surface area contributed by atoms with Crippen LogP contribution in [0.15, 0.2) is 71.6 Å². The molecule has 0 N–H and O–H groups in total. The van der Waals surface area contributed by atoms with Gasteiger partial charge >= 0.3 is 0 Å². The maximum Gasteiger partial charge on any atom is 0.265 e. The lowest BCUT2D eigenvalue weighted by atomic mass is 10.1. The first-order valence-corrected chi connectivity index (χ1v) is 12.1. The number of benzene rings is 3. The Balaban J connectivity index is 1.19. The van der Waals surface area contributed by atoms with E-state index in [0.717, 1.165) is 29.5 Å². The minimum Gasteiger partial charge on any atom is -0.368 e. The summed E-state index contributed by atoms with van der Waals surface area (Å²) in [6.45, 7) is 3.33. The Kier molecular flexibility index (Phi) is 5.06. The largest absolute Gasteiger partial charge is 0.368 e. The van der Waals surface area contributed by atoms with Crippen molar-refractivity contribution in [1.82, 2.24) is 4.90 Å². The van der Waals surface area contributed by atoms with Crippen LogP contribution < -0.4 is 9.21 Å². The monoisotopic (exact) mass is 435 g/mol. The highest BCUT2D eigenvalue weighted by Crippen LogP contribution is 2.41. The molecule has 0 unspecified atom stereocenters. The highest BCUT2D eigenvalue weighted by molar-refractivity contribution is 7.93. The molecule has 3 aromatic carbocycles. The van der Waals surface area contributed by atoms with Crippen LogP contribution in [0.5, 0.6) is 0 Å². The summed E-state index contributed by atoms with van der Waals surface area (Å²) in [4.78, 5) is 17.3. The molecule has 0 aliphatic carbocycles. The van der Waals surface area contributed by atoms with Crippen LogP contribution in [0.3, 0.4) is 0 Å². The minimum absolute atomic E-state index is 0.0972. The van der Waals surface area contributed by atoms with Crippen LogP contribution in [0.2, 0.25) is 0 Å². The van der Waals surface area contributed by atoms with Crippen molar-refractivity contribution in [2.75, 3.05) is 41.9 Å². The number of rotatable bonds is 5. The molecule has 1 saturated heterocycles. The summed E-state index contributed by atoms with van der Waals surface area (Å²) in [5.74, 6) is 0.0972. The van der Waals surface area contributed by atoms with Crippen molar-refractivity contribution >= 4 is 38.1 Å². The van der Waals surface area contributed by atoms with Gasteiger partial charge in [-0.15, -0.1) is 0 Å². The van der Waals surface area contributed by atoms with Gasteiger partial charge in [0.15, 0.2) is 0 Å². The lowest BCUT2D eigenvalue weighted by molar-refractivity contribution is -0.131. The van der Waals surface area contributed by atoms with Gasteiger partial charge in [-0.05, 0) is 36.1 Å². The van der Waals surface area contributed by atoms with Crippen LogP contribution in [-0.4, -0.2) is 51.9 Å². The predicted octanol–water partition coefficient (Wildman–Crippen LogP) is 3.48. The van der Waals surface area contributed by atoms with E-state index in [4.69, 9.17) is 0 Å². The van der Waals surface area contributed by atoms with Gasteiger partial charge in [-0.3, -0.25) is 9.10 Å². The van der Waals surface area contributed by atoms with Gasteiger partial charge in [-0.25, -0.2) is 8.42 Å². The second-order valence-corrected chi connectivity index (χ2v) is 9.85. The Bertz CT molecular complexity index is 1210. The van der Waals surface area contributed by atoms with E-state index < -0.39 is 10.0 Å². The van der Waals surface area contributed by atoms with Crippen molar-refractivity contribution in [2.45, 2.75) is 17.7 Å². The Morgan fingerprint density at radius 1 is 0.839 bits per heavy atom. The number of hydrogen-bond donors (Lipinski definition) is 0. The first kappa shape index (κ1) is 19.9. The zero-order valence-electron chi connectivity index (χ0n) is 17.3. The molecule has 2 aliphatic rings. The van der Waals surface area contributed by atoms with Gasteiger partial charge in [0.05, 0.1) is 10.6 Å². The summed E-state index contributed by atoms with van der Waals surface area (Å²) >= 11 is 0. The zero-order chi connectivity index (χ0) is 21.4. The third-order valence-electron chi connectivity index (χ3n) is 6.19. The molecule has 2 aliphatic heterocycles. The molecule has 0 aromatic heterocycles. The van der Waals surface area contributed by atoms with Crippen molar-refractivity contribution < 1.29 is 13.2 Å². The summed E-state index contributed by atoms with van der Waals surface area (Å²) in [5, 5.41) is 1.71. The lowest BCUT2D eigenvalue weighted by Crippen LogP contribution is -2.48. The molecule has 5 rings (SSSR count). The van der Waals surface area contributed by atoms with Gasteiger partial charge in [0.25, 0.3) is 10.0 Å². The van der Waals surface area contributed by atoms with Gasteiger partial charge in [-0.2, -0.15) is 0 Å². The van der Waals surface area contributed by atoms with Gasteiger partial charge in [0.2, 0.25) is 5.91 Å². The fraction of sp³-hybridized carbons (Fsp3) is 0.292. The van der Waals surface area contributed by atoms with Crippen molar-refractivity contribution in [3.63, 3.8) is 0 Å². The summed E-state index contributed by atoms with van der Waals surface area (Å²) in [7, 11) is -3.56. The molecule has 2 heterocycles. The Labute approximate surface area is 182 Å². The molecule has 0 radical (unpaired) electrons. The van der Waals surface area contributed by atoms with Gasteiger partial charge in [0.1, 0.15) is 0 Å². The molecule has 6 nitrogen and oxygen atoms in total. The van der Waals surface area contributed by atoms with Gasteiger partial charge in [0, 0.05) is 50.2 Å². The summed E-state index contributed by atoms with van der Waals surface area (Å²) in [6, 6.07) is 21.3. The molecule has 31 heavy (non-hydrogen) atoms. The average Bonchev–Trinajstić information content (AvgIpc) is 3.03. The molecular formula is C24H25N3O3S. The van der Waals surface area contributed by atoms with Gasteiger partial charge in [-0.1, -0.05) is 42.5 Å². The molecule has 0 saturated carbocycles. The number of anilines is 2. The molecule has 0 spiro atoms. The van der Waals surface area contributed by atoms with E-state index in [-0.39, 0.29) is 5.91 Å². The number of piperazine rings is 1. The third-order valence-corrected chi connectivity index (χ3v) is 8.04. The summed E-state index contributed by atoms with van der Waals surface area (Å²) < 4.78 is 27.5. The Hall–Kier alpha value is -3.06. The van der Waals surface area contributed by atoms with E-state index in [1.165, 1.54) is 9.99 Å². The van der Waals surface area contributed by atoms with E-state index >= 15 is 0 Å². The number of para-hydroxylation sites is 1. The van der Waals surface area contributed by atoms with Crippen LogP contribution in [0.25, 0.3) is 10.8 Å². The van der Waals surface area contributed by atoms with Crippen LogP contribution in [0.1, 0.15) is 12.8 Å². The summed E-state index contributed by atoms with van der Waals surface area (Å²) in [5.41, 5.74) is 1.90. The minimum atomic E-state index is -3.56. The highest BCUT2D eigenvalue weighted by atomic mass is 32.2. The van der Waals surface area contributed by atoms with Crippen LogP contribution in [0, 0.1) is 0 Å². The molecule has 7 heteroatoms. The second kappa shape index (κ2) is 7.89. The van der Waals surface area contributed by atoms with Crippen molar-refractivity contribution in [3.8, 4) is 0 Å². The Morgan fingerprint density at radius 3 is 2.29 bits per heavy atom. The average molecular weight is 436 g/mol. The second-order valence-electron chi connectivity index (χ2n) is 8.02. The molecule has 160 valence electrons. The lowest BCUT2D eigenvalue weighted by Gasteiger charge is -2.36. The molecule has 0 bridgehead atoms. The highest BCUT2D eigenvalue weighted by Gasteiger charge is 2.35. The van der Waals surface area contributed by atoms with E-state index in [9.17, 15) is 13.2 Å². The van der Waals surface area contributed by atoms with Gasteiger partial charge < -0.3 is 9.80 Å². The van der Waals surface area contributed by atoms with E-state index in [1.54, 1.807) is 12.1 Å². The van der Waals surface area contributed by atoms with Crippen LogP contribution in [0.4, 0.5) is 11.4 Å². The third kappa shape index (κ3) is 3.53. The topological polar surface area (TPSA) is 60.9 Å². The normalized spacial score (nSPS) is 17.4. The van der Waals surface area contributed by atoms with Crippen molar-refractivity contribution in [2.24, 2.45) is 0 Å². The molecular weight excluding hydrogens is 410 g/mol. The fourth-order valence-corrected chi connectivity index (χ4v) is 6.33. The van der Waals surface area contributed by atoms with E-state index in [2.05, 4.69) is 17.0 Å². The maximum atomic E-state index is 13.0. The fourth-order valence-electron chi connectivity index (χ4n) is 4.58. The molecule has 1 amide bonds. The Morgan fingerprint density at radius 2 is 1.55 bits per heavy atom. The number of carbonyl (C=O) groups is 1. The number of hydrogen-bond acceptors (Lipinski definition) is 4. The number of nitrogens with zero attached hydrogens (tertiary/aromatic N) is 3. The van der Waals surface area contributed by atoms with Crippen molar-refractivity contribution in [1.29, 1.82) is 0 Å². The standard InChI is InChI=1S/C24H25N3O3S/c28-23(26-17-15-25(16-18-26)20-9-2-1-3-10-20)13-6-14-27-21-11-4-7-19-8-5-12-22(24(19)21)31(27,29)30/h1-5,7-12H,6,13-18H2. The van der Waals surface area contributed by atoms with Crippen molar-refractivity contribution in [3.05, 3.63) is 66.7 Å². The first-order valence-electron chi connectivity index (χ1n) is 10.7. The number of carbonyl (C=O) groups excluding carboxylic acids is 1. The van der Waals surface area contributed by atoms with Crippen LogP contribution >= 0.6 is 0 Å². The number of sulfonamides is 1. The molecule has 3 aromatic rings. The SMILES string of the molecule is O=C(CCCN1c2cccc3cccc(c23)S1(=O)=O)N1CCN(c2ccccc2)CC1. The quantitative estimate of drug-likeness (QED) is 0.616. The van der Waals surface area contributed by atoms with E-state index in [1.807, 2.05) is 47.4 Å². The van der Waals surface area contributed by atoms with Crippen LogP contribution in [-0.2, 0) is 14.8 Å². The molecule has 1 fully saturated rings. The smallest absolute Gasteiger partial charge is 0.265 e. The predicted molar refractivity (Wildman–Crippen MR) is 123 cm³/mol.